The summed E-state index contributed by atoms with van der Waals surface area (Å²) in [6, 6.07) is 0.764. The molecule has 460 valence electrons. The van der Waals surface area contributed by atoms with Crippen molar-refractivity contribution in [2.75, 3.05) is 25.0 Å². The molecule has 0 amide bonds. The van der Waals surface area contributed by atoms with Crippen LogP contribution in [0.5, 0.6) is 0 Å². The zero-order valence-electron chi connectivity index (χ0n) is 49.6. The lowest BCUT2D eigenvalue weighted by Gasteiger charge is -2.37. The average Bonchev–Trinajstić information content (AvgIpc) is 3.18. The molecule has 4 aliphatic carbocycles. The summed E-state index contributed by atoms with van der Waals surface area (Å²) in [6.07, 6.45) is 23.4. The Morgan fingerprint density at radius 3 is 0.747 bits per heavy atom. The van der Waals surface area contributed by atoms with E-state index < -0.39 is 51.3 Å². The summed E-state index contributed by atoms with van der Waals surface area (Å²) in [7, 11) is -12.0. The molecule has 18 heteroatoms. The van der Waals surface area contributed by atoms with Gasteiger partial charge in [0.1, 0.15) is 0 Å². The van der Waals surface area contributed by atoms with Crippen LogP contribution in [-0.4, -0.2) is 104 Å². The van der Waals surface area contributed by atoms with Crippen molar-refractivity contribution < 1.29 is 43.9 Å². The van der Waals surface area contributed by atoms with Gasteiger partial charge in [0, 0.05) is 24.2 Å². The summed E-state index contributed by atoms with van der Waals surface area (Å²) >= 11 is 0. The fourth-order valence-corrected chi connectivity index (χ4v) is 12.5. The Balaban J connectivity index is -0.000000261. The van der Waals surface area contributed by atoms with Gasteiger partial charge in [0.05, 0.1) is 36.2 Å². The predicted molar refractivity (Wildman–Crippen MR) is 326 cm³/mol. The second kappa shape index (κ2) is 39.1. The van der Waals surface area contributed by atoms with Crippen molar-refractivity contribution in [3.05, 3.63) is 0 Å². The maximum absolute atomic E-state index is 11.0. The van der Waals surface area contributed by atoms with E-state index in [-0.39, 0.29) is 46.4 Å². The van der Waals surface area contributed by atoms with E-state index >= 15 is 0 Å². The highest BCUT2D eigenvalue weighted by Gasteiger charge is 2.34. The molecule has 0 aromatic carbocycles. The van der Waals surface area contributed by atoms with E-state index in [0.29, 0.717) is 35.5 Å². The molecule has 14 nitrogen and oxygen atoms in total. The Bertz CT molecular complexity index is 1730. The minimum absolute atomic E-state index is 0. The molecule has 4 rings (SSSR count). The first kappa shape index (κ1) is 83.4. The third-order valence-electron chi connectivity index (χ3n) is 15.2. The summed E-state index contributed by atoms with van der Waals surface area (Å²) in [4.78, 5) is 0. The van der Waals surface area contributed by atoms with E-state index in [1.54, 1.807) is 0 Å². The van der Waals surface area contributed by atoms with Gasteiger partial charge in [-0.05, 0) is 189 Å². The van der Waals surface area contributed by atoms with E-state index in [1.807, 2.05) is 27.7 Å². The molecular formula is C57H128N4O10S4. The predicted octanol–water partition coefficient (Wildman–Crippen LogP) is 12.5. The zero-order chi connectivity index (χ0) is 56.6. The van der Waals surface area contributed by atoms with Crippen molar-refractivity contribution in [3.63, 3.8) is 0 Å². The van der Waals surface area contributed by atoms with Crippen LogP contribution < -0.4 is 18.9 Å². The summed E-state index contributed by atoms with van der Waals surface area (Å²) < 4.78 is 97.8. The molecule has 0 unspecified atom stereocenters. The van der Waals surface area contributed by atoms with Crippen LogP contribution in [0.25, 0.3) is 0 Å². The van der Waals surface area contributed by atoms with Crippen LogP contribution in [0.2, 0.25) is 0 Å². The number of sulfonamides is 4. The third kappa shape index (κ3) is 47.0. The highest BCUT2D eigenvalue weighted by atomic mass is 32.2. The summed E-state index contributed by atoms with van der Waals surface area (Å²) in [5.74, 6) is 7.23. The summed E-state index contributed by atoms with van der Waals surface area (Å²) in [5.41, 5.74) is -0.853. The minimum Gasteiger partial charge on any atom is -0.390 e. The third-order valence-corrected chi connectivity index (χ3v) is 18.3. The van der Waals surface area contributed by atoms with Crippen LogP contribution in [0, 0.1) is 59.2 Å². The second-order valence-electron chi connectivity index (χ2n) is 25.2. The van der Waals surface area contributed by atoms with Gasteiger partial charge < -0.3 is 10.2 Å². The van der Waals surface area contributed by atoms with E-state index in [1.165, 1.54) is 25.0 Å². The van der Waals surface area contributed by atoms with Gasteiger partial charge >= 0.3 is 0 Å². The molecule has 75 heavy (non-hydrogen) atoms. The average molecular weight is 1160 g/mol. The quantitative estimate of drug-likeness (QED) is 0.0676. The first-order valence-corrected chi connectivity index (χ1v) is 35.4. The van der Waals surface area contributed by atoms with Crippen molar-refractivity contribution in [1.29, 1.82) is 0 Å². The molecule has 0 aliphatic heterocycles. The standard InChI is InChI=1S/2C10H21NO2S.2C9H20O.2C8H17NO2S.3CH4/c2*1-8(2)9-4-6-10(7-5-9)11-14(3,12)13;2*1-5-9(4,10)7-6-8(2)3;2*1-6(2)7-4-8(5-7)9-12(3,10)11;;;/h2*8-11H,4-7H2,1-3H3;2*8,10H,5-7H2,1-4H3;2*6-9H,4-5H2,1-3H3;3*1H4/t;;2*9-;;;;;/m..10...../s1. The highest BCUT2D eigenvalue weighted by Crippen LogP contribution is 2.35. The zero-order valence-corrected chi connectivity index (χ0v) is 52.9. The lowest BCUT2D eigenvalue weighted by molar-refractivity contribution is 0.0411. The minimum atomic E-state index is -3.01. The summed E-state index contributed by atoms with van der Waals surface area (Å²) in [5, 5.41) is 19.1. The van der Waals surface area contributed by atoms with Gasteiger partial charge in [-0.1, -0.05) is 119 Å². The van der Waals surface area contributed by atoms with Crippen LogP contribution in [0.1, 0.15) is 249 Å². The Morgan fingerprint density at radius 1 is 0.387 bits per heavy atom. The molecule has 4 fully saturated rings. The molecule has 4 saturated carbocycles. The van der Waals surface area contributed by atoms with Gasteiger partial charge in [-0.25, -0.2) is 52.6 Å². The first-order chi connectivity index (χ1) is 32.5. The number of rotatable bonds is 20. The van der Waals surface area contributed by atoms with Gasteiger partial charge in [0.2, 0.25) is 40.1 Å². The maximum atomic E-state index is 11.0. The normalized spacial score (nSPS) is 25.3. The van der Waals surface area contributed by atoms with Crippen LogP contribution >= 0.6 is 0 Å². The molecule has 0 aromatic heterocycles. The van der Waals surface area contributed by atoms with Crippen molar-refractivity contribution in [3.8, 4) is 0 Å². The van der Waals surface area contributed by atoms with Crippen molar-refractivity contribution in [2.45, 2.75) is 284 Å². The Kier molecular flexibility index (Phi) is 43.4. The molecule has 0 bridgehead atoms. The van der Waals surface area contributed by atoms with Gasteiger partial charge in [-0.3, -0.25) is 0 Å². The fraction of sp³-hybridized carbons (Fsp3) is 1.00. The number of aliphatic hydroxyl groups is 2. The summed E-state index contributed by atoms with van der Waals surface area (Å²) in [6.45, 7) is 34.3. The van der Waals surface area contributed by atoms with Gasteiger partial charge in [-0.2, -0.15) is 0 Å². The van der Waals surface area contributed by atoms with E-state index in [4.69, 9.17) is 0 Å². The molecule has 0 saturated heterocycles. The molecule has 2 atom stereocenters. The highest BCUT2D eigenvalue weighted by molar-refractivity contribution is 7.89. The molecule has 0 spiro atoms. The smallest absolute Gasteiger partial charge is 0.208 e. The molecular weight excluding hydrogens is 1030 g/mol. The fourth-order valence-electron chi connectivity index (χ4n) is 9.18. The van der Waals surface area contributed by atoms with Crippen LogP contribution in [0.3, 0.4) is 0 Å². The van der Waals surface area contributed by atoms with Crippen LogP contribution in [0.4, 0.5) is 0 Å². The number of hydrogen-bond donors (Lipinski definition) is 6. The Morgan fingerprint density at radius 2 is 0.587 bits per heavy atom. The maximum Gasteiger partial charge on any atom is 0.208 e. The van der Waals surface area contributed by atoms with Gasteiger partial charge in [0.25, 0.3) is 0 Å². The SMILES string of the molecule is C.C.C.CC(C)C1CC(NS(C)(=O)=O)C1.CC(C)C1CC(NS(C)(=O)=O)C1.CC(C)C1CCC(NS(C)(=O)=O)CC1.CC(C)C1CCC(NS(C)(=O)=O)CC1.CC[C@@](C)(O)CCC(C)C.CC[C@](C)(O)CCC(C)C. The molecule has 6 N–H and O–H groups in total. The van der Waals surface area contributed by atoms with Crippen molar-refractivity contribution in [2.24, 2.45) is 59.2 Å². The Labute approximate surface area is 468 Å². The molecule has 4 aliphatic rings. The van der Waals surface area contributed by atoms with E-state index in [2.05, 4.69) is 102 Å². The van der Waals surface area contributed by atoms with Gasteiger partial charge in [-0.15, -0.1) is 0 Å². The monoisotopic (exact) mass is 1160 g/mol. The molecule has 0 heterocycles. The van der Waals surface area contributed by atoms with Gasteiger partial charge in [0.15, 0.2) is 0 Å². The largest absolute Gasteiger partial charge is 0.390 e. The first-order valence-electron chi connectivity index (χ1n) is 27.8. The van der Waals surface area contributed by atoms with E-state index in [0.717, 1.165) is 139 Å². The van der Waals surface area contributed by atoms with Crippen molar-refractivity contribution >= 4 is 40.1 Å². The van der Waals surface area contributed by atoms with Crippen molar-refractivity contribution in [1.82, 2.24) is 18.9 Å². The van der Waals surface area contributed by atoms with Crippen LogP contribution in [-0.2, 0) is 40.1 Å². The number of hydrogen-bond acceptors (Lipinski definition) is 10. The van der Waals surface area contributed by atoms with Crippen LogP contribution in [0.15, 0.2) is 0 Å². The Hall–Kier alpha value is -0.440. The van der Waals surface area contributed by atoms with E-state index in [9.17, 15) is 43.9 Å². The lowest BCUT2D eigenvalue weighted by atomic mass is 9.74. The second-order valence-corrected chi connectivity index (χ2v) is 32.3. The topological polar surface area (TPSA) is 225 Å². The molecule has 0 radical (unpaired) electrons. The molecule has 0 aromatic rings. The lowest BCUT2D eigenvalue weighted by Crippen LogP contribution is -2.45. The number of nitrogens with one attached hydrogen (secondary N) is 4.